The number of nitrogens with two attached hydrogens (primary N) is 1. The predicted molar refractivity (Wildman–Crippen MR) is 84.6 cm³/mol. The molecule has 1 aromatic carbocycles. The lowest BCUT2D eigenvalue weighted by Crippen LogP contribution is -2.06. The number of benzene rings is 1. The van der Waals surface area contributed by atoms with Crippen LogP contribution in [0.3, 0.4) is 0 Å². The average Bonchev–Trinajstić information content (AvgIpc) is 2.84. The molecule has 0 aliphatic carbocycles. The summed E-state index contributed by atoms with van der Waals surface area (Å²) in [4.78, 5) is 23.3. The monoisotopic (exact) mass is 316 g/mol. The van der Waals surface area contributed by atoms with Crippen LogP contribution in [0.2, 0.25) is 5.15 Å². The van der Waals surface area contributed by atoms with Crippen molar-refractivity contribution in [2.45, 2.75) is 13.5 Å². The smallest absolute Gasteiger partial charge is 0.223 e. The third kappa shape index (κ3) is 2.84. The van der Waals surface area contributed by atoms with Crippen molar-refractivity contribution in [2.75, 3.05) is 11.1 Å². The van der Waals surface area contributed by atoms with Crippen molar-refractivity contribution in [2.24, 2.45) is 0 Å². The van der Waals surface area contributed by atoms with Gasteiger partial charge in [-0.15, -0.1) is 0 Å². The molecule has 3 aromatic rings. The summed E-state index contributed by atoms with van der Waals surface area (Å²) in [6.07, 6.45) is 1.65. The summed E-state index contributed by atoms with van der Waals surface area (Å²) >= 11 is 6.00. The first kappa shape index (κ1) is 14.3. The Morgan fingerprint density at radius 2 is 2.05 bits per heavy atom. The molecule has 0 aliphatic rings. The number of nitrogens with zero attached hydrogens (tertiary/aromatic N) is 4. The van der Waals surface area contributed by atoms with E-state index in [9.17, 15) is 4.79 Å². The normalized spacial score (nSPS) is 10.8. The minimum Gasteiger partial charge on any atom is -0.368 e. The number of fused-ring (bicyclic) bond motifs is 1. The zero-order chi connectivity index (χ0) is 15.7. The van der Waals surface area contributed by atoms with Gasteiger partial charge in [-0.05, 0) is 17.7 Å². The number of anilines is 2. The second-order valence-electron chi connectivity index (χ2n) is 4.80. The third-order valence-electron chi connectivity index (χ3n) is 3.07. The third-order valence-corrected chi connectivity index (χ3v) is 3.33. The number of rotatable bonds is 3. The molecule has 0 saturated carbocycles. The van der Waals surface area contributed by atoms with Gasteiger partial charge in [-0.2, -0.15) is 9.97 Å². The van der Waals surface area contributed by atoms with Gasteiger partial charge in [0.2, 0.25) is 11.9 Å². The van der Waals surface area contributed by atoms with Gasteiger partial charge in [0.25, 0.3) is 0 Å². The molecule has 3 N–H and O–H groups in total. The van der Waals surface area contributed by atoms with Gasteiger partial charge in [0, 0.05) is 12.6 Å². The highest BCUT2D eigenvalue weighted by molar-refractivity contribution is 6.33. The van der Waals surface area contributed by atoms with Gasteiger partial charge in [0.1, 0.15) is 5.52 Å². The van der Waals surface area contributed by atoms with Crippen LogP contribution in [-0.2, 0) is 11.3 Å². The summed E-state index contributed by atoms with van der Waals surface area (Å²) in [7, 11) is 0. The minimum absolute atomic E-state index is 0.102. The van der Waals surface area contributed by atoms with Gasteiger partial charge in [-0.1, -0.05) is 23.7 Å². The topological polar surface area (TPSA) is 98.7 Å². The standard InChI is InChI=1S/C14H13ClN6O/c1-8(22)18-10-4-2-9(3-5-10)6-21-7-17-11-12(15)19-14(16)20-13(11)21/h2-5,7H,6H2,1H3,(H,18,22)(H2,16,19,20). The summed E-state index contributed by atoms with van der Waals surface area (Å²) in [5.41, 5.74) is 8.51. The number of carbonyl (C=O) groups is 1. The zero-order valence-corrected chi connectivity index (χ0v) is 12.5. The Morgan fingerprint density at radius 3 is 2.73 bits per heavy atom. The highest BCUT2D eigenvalue weighted by atomic mass is 35.5. The van der Waals surface area contributed by atoms with E-state index in [1.807, 2.05) is 28.8 Å². The maximum atomic E-state index is 11.0. The second kappa shape index (κ2) is 5.61. The molecule has 0 atom stereocenters. The van der Waals surface area contributed by atoms with E-state index in [1.165, 1.54) is 6.92 Å². The van der Waals surface area contributed by atoms with E-state index in [-0.39, 0.29) is 17.0 Å². The summed E-state index contributed by atoms with van der Waals surface area (Å²) in [6.45, 7) is 2.03. The fourth-order valence-electron chi connectivity index (χ4n) is 2.13. The lowest BCUT2D eigenvalue weighted by atomic mass is 10.2. The Morgan fingerprint density at radius 1 is 1.32 bits per heavy atom. The molecule has 0 unspecified atom stereocenters. The number of imidazole rings is 1. The van der Waals surface area contributed by atoms with Crippen molar-refractivity contribution in [3.63, 3.8) is 0 Å². The number of hydrogen-bond donors (Lipinski definition) is 2. The van der Waals surface area contributed by atoms with E-state index in [0.29, 0.717) is 17.7 Å². The Balaban J connectivity index is 1.88. The molecule has 8 heteroatoms. The summed E-state index contributed by atoms with van der Waals surface area (Å²) in [5.74, 6) is 0.00965. The molecule has 0 aliphatic heterocycles. The predicted octanol–water partition coefficient (Wildman–Crippen LogP) is 2.07. The average molecular weight is 317 g/mol. The lowest BCUT2D eigenvalue weighted by Gasteiger charge is -2.06. The number of aromatic nitrogens is 4. The molecule has 2 heterocycles. The Bertz CT molecular complexity index is 842. The molecule has 112 valence electrons. The molecule has 7 nitrogen and oxygen atoms in total. The maximum absolute atomic E-state index is 11.0. The zero-order valence-electron chi connectivity index (χ0n) is 11.7. The quantitative estimate of drug-likeness (QED) is 0.721. The SMILES string of the molecule is CC(=O)Nc1ccc(Cn2cnc3c(Cl)nc(N)nc32)cc1. The van der Waals surface area contributed by atoms with E-state index < -0.39 is 0 Å². The van der Waals surface area contributed by atoms with Gasteiger partial charge in [-0.3, -0.25) is 4.79 Å². The van der Waals surface area contributed by atoms with Crippen LogP contribution < -0.4 is 11.1 Å². The number of nitrogen functional groups attached to an aromatic ring is 1. The molecular weight excluding hydrogens is 304 g/mol. The summed E-state index contributed by atoms with van der Waals surface area (Å²) in [5, 5.41) is 2.96. The Hall–Kier alpha value is -2.67. The second-order valence-corrected chi connectivity index (χ2v) is 5.15. The summed E-state index contributed by atoms with van der Waals surface area (Å²) < 4.78 is 1.84. The summed E-state index contributed by atoms with van der Waals surface area (Å²) in [6, 6.07) is 7.52. The number of hydrogen-bond acceptors (Lipinski definition) is 5. The number of amides is 1. The van der Waals surface area contributed by atoms with Crippen molar-refractivity contribution in [1.29, 1.82) is 0 Å². The van der Waals surface area contributed by atoms with Crippen LogP contribution in [0, 0.1) is 0 Å². The van der Waals surface area contributed by atoms with Crippen LogP contribution in [0.5, 0.6) is 0 Å². The van der Waals surface area contributed by atoms with E-state index in [4.69, 9.17) is 17.3 Å². The first-order valence-corrected chi connectivity index (χ1v) is 6.91. The van der Waals surface area contributed by atoms with Crippen LogP contribution in [0.15, 0.2) is 30.6 Å². The van der Waals surface area contributed by atoms with Crippen molar-refractivity contribution in [3.05, 3.63) is 41.3 Å². The fraction of sp³-hybridized carbons (Fsp3) is 0.143. The highest BCUT2D eigenvalue weighted by Gasteiger charge is 2.10. The maximum Gasteiger partial charge on any atom is 0.223 e. The van der Waals surface area contributed by atoms with E-state index in [0.717, 1.165) is 11.3 Å². The molecule has 0 bridgehead atoms. The Labute approximate surface area is 131 Å². The number of nitrogens with one attached hydrogen (secondary N) is 1. The first-order valence-electron chi connectivity index (χ1n) is 6.53. The van der Waals surface area contributed by atoms with Gasteiger partial charge < -0.3 is 15.6 Å². The molecule has 0 radical (unpaired) electrons. The fourth-order valence-corrected chi connectivity index (χ4v) is 2.35. The van der Waals surface area contributed by atoms with Gasteiger partial charge in [0.05, 0.1) is 12.9 Å². The van der Waals surface area contributed by atoms with Crippen molar-refractivity contribution < 1.29 is 4.79 Å². The minimum atomic E-state index is -0.102. The number of halogens is 1. The molecule has 3 rings (SSSR count). The van der Waals surface area contributed by atoms with Crippen LogP contribution >= 0.6 is 11.6 Å². The molecular formula is C14H13ClN6O. The van der Waals surface area contributed by atoms with Crippen LogP contribution in [-0.4, -0.2) is 25.4 Å². The van der Waals surface area contributed by atoms with Crippen LogP contribution in [0.25, 0.3) is 11.2 Å². The lowest BCUT2D eigenvalue weighted by molar-refractivity contribution is -0.114. The highest BCUT2D eigenvalue weighted by Crippen LogP contribution is 2.20. The Kier molecular flexibility index (Phi) is 3.64. The van der Waals surface area contributed by atoms with Crippen molar-refractivity contribution >= 4 is 40.3 Å². The molecule has 22 heavy (non-hydrogen) atoms. The number of carbonyl (C=O) groups excluding carboxylic acids is 1. The van der Waals surface area contributed by atoms with E-state index in [1.54, 1.807) is 6.33 Å². The van der Waals surface area contributed by atoms with Crippen LogP contribution in [0.4, 0.5) is 11.6 Å². The van der Waals surface area contributed by atoms with Crippen LogP contribution in [0.1, 0.15) is 12.5 Å². The molecule has 0 saturated heterocycles. The van der Waals surface area contributed by atoms with Gasteiger partial charge in [-0.25, -0.2) is 4.98 Å². The van der Waals surface area contributed by atoms with Gasteiger partial charge in [0.15, 0.2) is 10.8 Å². The van der Waals surface area contributed by atoms with E-state index >= 15 is 0 Å². The molecule has 2 aromatic heterocycles. The molecule has 0 spiro atoms. The van der Waals surface area contributed by atoms with Gasteiger partial charge >= 0.3 is 0 Å². The van der Waals surface area contributed by atoms with Crippen molar-refractivity contribution in [1.82, 2.24) is 19.5 Å². The van der Waals surface area contributed by atoms with Crippen molar-refractivity contribution in [3.8, 4) is 0 Å². The first-order chi connectivity index (χ1) is 10.5. The molecule has 0 fully saturated rings. The van der Waals surface area contributed by atoms with E-state index in [2.05, 4.69) is 20.3 Å². The largest absolute Gasteiger partial charge is 0.368 e. The molecule has 1 amide bonds.